The average molecular weight is 318 g/mol. The standard InChI is InChI=1S/C12H18N2.HI/c1-3-4-9-14-10-13(2)11-7-5-6-8-12(11)14;/h5-8H,3-4,9-10H2,1-2H3;1H. The monoisotopic (exact) mass is 318 g/mol. The highest BCUT2D eigenvalue weighted by Gasteiger charge is 2.26. The van der Waals surface area contributed by atoms with Gasteiger partial charge in [-0.1, -0.05) is 25.5 Å². The number of unbranched alkanes of at least 4 members (excludes halogenated alkanes) is 1. The minimum atomic E-state index is 0. The van der Waals surface area contributed by atoms with Gasteiger partial charge in [0.15, 0.2) is 12.4 Å². The second-order valence-electron chi connectivity index (χ2n) is 4.08. The van der Waals surface area contributed by atoms with E-state index in [1.54, 1.807) is 4.90 Å². The summed E-state index contributed by atoms with van der Waals surface area (Å²) in [6.07, 6.45) is 2.60. The third-order valence-corrected chi connectivity index (χ3v) is 2.96. The number of para-hydroxylation sites is 2. The maximum absolute atomic E-state index is 2.35. The first-order valence-electron chi connectivity index (χ1n) is 5.48. The molecule has 15 heavy (non-hydrogen) atoms. The molecule has 0 spiro atoms. The minimum absolute atomic E-state index is 0. The molecule has 0 saturated heterocycles. The van der Waals surface area contributed by atoms with Gasteiger partial charge in [-0.25, -0.2) is 0 Å². The summed E-state index contributed by atoms with van der Waals surface area (Å²) in [5.74, 6) is 0. The lowest BCUT2D eigenvalue weighted by molar-refractivity contribution is -0.825. The van der Waals surface area contributed by atoms with Crippen LogP contribution in [0.1, 0.15) is 19.8 Å². The van der Waals surface area contributed by atoms with E-state index in [9.17, 15) is 0 Å². The highest BCUT2D eigenvalue weighted by atomic mass is 127. The largest absolute Gasteiger partial charge is 1.00 e. The van der Waals surface area contributed by atoms with E-state index in [2.05, 4.69) is 43.1 Å². The van der Waals surface area contributed by atoms with Crippen molar-refractivity contribution in [2.45, 2.75) is 19.8 Å². The summed E-state index contributed by atoms with van der Waals surface area (Å²) < 4.78 is 0. The fraction of sp³-hybridized carbons (Fsp3) is 0.500. The van der Waals surface area contributed by atoms with Crippen LogP contribution in [0, 0.1) is 0 Å². The van der Waals surface area contributed by atoms with Crippen LogP contribution in [0.5, 0.6) is 0 Å². The van der Waals surface area contributed by atoms with Crippen molar-refractivity contribution in [3.05, 3.63) is 24.3 Å². The Morgan fingerprint density at radius 2 is 2.07 bits per heavy atom. The number of quaternary nitrogens is 1. The van der Waals surface area contributed by atoms with Crippen LogP contribution in [0.3, 0.4) is 0 Å². The molecule has 1 heterocycles. The number of hydrogen-bond donors (Lipinski definition) is 1. The Hall–Kier alpha value is -0.290. The Morgan fingerprint density at radius 3 is 2.80 bits per heavy atom. The van der Waals surface area contributed by atoms with Crippen LogP contribution in [-0.2, 0) is 0 Å². The number of rotatable bonds is 3. The zero-order chi connectivity index (χ0) is 9.97. The van der Waals surface area contributed by atoms with Crippen LogP contribution in [0.15, 0.2) is 24.3 Å². The first-order chi connectivity index (χ1) is 6.83. The molecule has 1 atom stereocenters. The van der Waals surface area contributed by atoms with E-state index in [1.165, 1.54) is 30.8 Å². The molecule has 0 amide bonds. The van der Waals surface area contributed by atoms with Gasteiger partial charge in [0.2, 0.25) is 0 Å². The smallest absolute Gasteiger partial charge is 0.157 e. The number of anilines is 1. The molecular formula is C12H19IN2. The van der Waals surface area contributed by atoms with Crippen molar-refractivity contribution < 1.29 is 28.9 Å². The lowest BCUT2D eigenvalue weighted by Crippen LogP contribution is -3.06. The Labute approximate surface area is 109 Å². The van der Waals surface area contributed by atoms with Gasteiger partial charge in [0.1, 0.15) is 5.69 Å². The number of fused-ring (bicyclic) bond motifs is 1. The lowest BCUT2D eigenvalue weighted by atomic mass is 10.2. The van der Waals surface area contributed by atoms with Crippen LogP contribution in [0.2, 0.25) is 0 Å². The predicted octanol–water partition coefficient (Wildman–Crippen LogP) is -1.59. The molecule has 1 aliphatic heterocycles. The molecule has 1 aliphatic rings. The molecule has 0 aromatic heterocycles. The minimum Gasteiger partial charge on any atom is -1.00 e. The second kappa shape index (κ2) is 5.70. The highest BCUT2D eigenvalue weighted by Crippen LogP contribution is 2.24. The van der Waals surface area contributed by atoms with Crippen molar-refractivity contribution in [2.24, 2.45) is 0 Å². The Bertz CT molecular complexity index is 314. The van der Waals surface area contributed by atoms with E-state index in [1.807, 2.05) is 0 Å². The molecule has 0 aliphatic carbocycles. The Morgan fingerprint density at radius 1 is 1.33 bits per heavy atom. The summed E-state index contributed by atoms with van der Waals surface area (Å²) in [7, 11) is 2.18. The molecule has 84 valence electrons. The molecule has 2 nitrogen and oxygen atoms in total. The van der Waals surface area contributed by atoms with Gasteiger partial charge in [-0.2, -0.15) is 0 Å². The third kappa shape index (κ3) is 2.64. The molecule has 1 N–H and O–H groups in total. The predicted molar refractivity (Wildman–Crippen MR) is 60.1 cm³/mol. The highest BCUT2D eigenvalue weighted by molar-refractivity contribution is 5.64. The van der Waals surface area contributed by atoms with Gasteiger partial charge in [0.05, 0.1) is 6.54 Å². The topological polar surface area (TPSA) is 7.68 Å². The molecule has 3 heteroatoms. The van der Waals surface area contributed by atoms with E-state index in [-0.39, 0.29) is 24.0 Å². The summed E-state index contributed by atoms with van der Waals surface area (Å²) in [6.45, 7) is 4.64. The van der Waals surface area contributed by atoms with E-state index in [4.69, 9.17) is 0 Å². The van der Waals surface area contributed by atoms with Crippen LogP contribution in [-0.4, -0.2) is 20.3 Å². The molecule has 0 bridgehead atoms. The van der Waals surface area contributed by atoms with E-state index < -0.39 is 0 Å². The van der Waals surface area contributed by atoms with Crippen LogP contribution in [0.25, 0.3) is 0 Å². The van der Waals surface area contributed by atoms with E-state index >= 15 is 0 Å². The van der Waals surface area contributed by atoms with Gasteiger partial charge in [-0.05, 0) is 12.5 Å². The summed E-state index contributed by atoms with van der Waals surface area (Å²) in [5.41, 5.74) is 2.88. The average Bonchev–Trinajstić information content (AvgIpc) is 2.54. The molecule has 0 fully saturated rings. The SMILES string of the molecule is CCCC[NH+]1CN(C)c2ccccc21.[I-]. The molecule has 1 aromatic rings. The number of nitrogens with zero attached hydrogens (tertiary/aromatic N) is 1. The summed E-state index contributed by atoms with van der Waals surface area (Å²) in [4.78, 5) is 3.96. The van der Waals surface area contributed by atoms with Crippen molar-refractivity contribution in [3.63, 3.8) is 0 Å². The summed E-state index contributed by atoms with van der Waals surface area (Å²) in [6, 6.07) is 8.74. The quantitative estimate of drug-likeness (QED) is 0.661. The van der Waals surface area contributed by atoms with Crippen molar-refractivity contribution in [2.75, 3.05) is 25.2 Å². The summed E-state index contributed by atoms with van der Waals surface area (Å²) >= 11 is 0. The van der Waals surface area contributed by atoms with Crippen molar-refractivity contribution in [1.29, 1.82) is 0 Å². The van der Waals surface area contributed by atoms with Crippen molar-refractivity contribution in [1.82, 2.24) is 0 Å². The Balaban J connectivity index is 0.00000112. The first kappa shape index (κ1) is 12.8. The third-order valence-electron chi connectivity index (χ3n) is 2.96. The zero-order valence-electron chi connectivity index (χ0n) is 9.46. The van der Waals surface area contributed by atoms with E-state index in [0.29, 0.717) is 0 Å². The van der Waals surface area contributed by atoms with Crippen molar-refractivity contribution in [3.8, 4) is 0 Å². The molecule has 1 unspecified atom stereocenters. The van der Waals surface area contributed by atoms with Gasteiger partial charge in [-0.15, -0.1) is 0 Å². The number of nitrogens with one attached hydrogen (secondary N) is 1. The maximum Gasteiger partial charge on any atom is 0.157 e. The summed E-state index contributed by atoms with van der Waals surface area (Å²) in [5, 5.41) is 0. The molecule has 0 saturated carbocycles. The van der Waals surface area contributed by atoms with Crippen LogP contribution in [0.4, 0.5) is 11.4 Å². The first-order valence-corrected chi connectivity index (χ1v) is 5.48. The van der Waals surface area contributed by atoms with Gasteiger partial charge in [0.25, 0.3) is 0 Å². The fourth-order valence-electron chi connectivity index (χ4n) is 2.17. The number of hydrogen-bond acceptors (Lipinski definition) is 1. The number of benzene rings is 1. The van der Waals surface area contributed by atoms with Gasteiger partial charge >= 0.3 is 0 Å². The fourth-order valence-corrected chi connectivity index (χ4v) is 2.17. The number of halogens is 1. The van der Waals surface area contributed by atoms with Crippen LogP contribution >= 0.6 is 0 Å². The molecular weight excluding hydrogens is 299 g/mol. The van der Waals surface area contributed by atoms with E-state index in [0.717, 1.165) is 6.67 Å². The Kier molecular flexibility index (Phi) is 4.86. The lowest BCUT2D eigenvalue weighted by Gasteiger charge is -2.12. The maximum atomic E-state index is 2.35. The van der Waals surface area contributed by atoms with Gasteiger partial charge in [0, 0.05) is 13.1 Å². The molecule has 0 radical (unpaired) electrons. The van der Waals surface area contributed by atoms with Gasteiger partial charge < -0.3 is 28.9 Å². The zero-order valence-corrected chi connectivity index (χ0v) is 11.6. The normalized spacial score (nSPS) is 18.5. The second-order valence-corrected chi connectivity index (χ2v) is 4.08. The molecule has 2 rings (SSSR count). The van der Waals surface area contributed by atoms with Gasteiger partial charge in [-0.3, -0.25) is 4.90 Å². The van der Waals surface area contributed by atoms with Crippen molar-refractivity contribution >= 4 is 11.4 Å². The molecule has 1 aromatic carbocycles. The van der Waals surface area contributed by atoms with Crippen LogP contribution < -0.4 is 33.8 Å².